The maximum atomic E-state index is 11.9. The Morgan fingerprint density at radius 2 is 0.533 bits per heavy atom. The van der Waals surface area contributed by atoms with Crippen molar-refractivity contribution in [1.82, 2.24) is 89.6 Å². The summed E-state index contributed by atoms with van der Waals surface area (Å²) >= 11 is 16.7. The molecular formula is C87H123Cl3N28O17. The number of aromatic nitrogens is 12. The van der Waals surface area contributed by atoms with Gasteiger partial charge in [-0.2, -0.15) is 19.9 Å². The highest BCUT2D eigenvalue weighted by molar-refractivity contribution is 6.32. The number of esters is 3. The zero-order valence-electron chi connectivity index (χ0n) is 77.5. The molecule has 17 rings (SSSR count). The van der Waals surface area contributed by atoms with Gasteiger partial charge in [-0.3, -0.25) is 24.0 Å². The first-order valence-electron chi connectivity index (χ1n) is 45.5. The van der Waals surface area contributed by atoms with Crippen molar-refractivity contribution in [3.8, 4) is 0 Å². The van der Waals surface area contributed by atoms with Crippen LogP contribution < -0.4 is 57.2 Å². The second kappa shape index (κ2) is 51.9. The number of nitrogens with one attached hydrogen (secondary N) is 6. The van der Waals surface area contributed by atoms with Gasteiger partial charge in [0.2, 0.25) is 63.9 Å². The predicted octanol–water partition coefficient (Wildman–Crippen LogP) is 6.71. The molecule has 6 aromatic rings. The Kier molecular flexibility index (Phi) is 40.3. The molecule has 1 aliphatic carbocycles. The fourth-order valence-electron chi connectivity index (χ4n) is 15.4. The molecule has 0 unspecified atom stereocenters. The SMILES string of the molecule is C1CCCCC1.CC(=O)N1CC(N)C1.CC(=O)N1CC(Nc2cc(C(=O)O)nc(N3CCCCC3)n2)C1.CC(=O)N1CC(Nc2cc(C(=O)O)nc(N3CCCCC3)n2)C1.COC(=O)c1cc(Cl)nc(Cl)n1.COC(=O)c1cc(NC2CN(C(C)=O)C2)nc(Cl)n1.COC(=O)c1cc(NC2CN(C(C)=O)C2)nc(N2CCCCC2)n1.O=C(O)c1cc(NC2CNC2)nc(N2CCCCC2)n1. The number of piperidine rings is 4. The summed E-state index contributed by atoms with van der Waals surface area (Å²) in [4.78, 5) is 190. The summed E-state index contributed by atoms with van der Waals surface area (Å²) in [5.41, 5.74) is 5.83. The van der Waals surface area contributed by atoms with E-state index in [4.69, 9.17) is 45.3 Å². The van der Waals surface area contributed by atoms with Crippen LogP contribution in [0.2, 0.25) is 15.7 Å². The Morgan fingerprint density at radius 3 is 0.763 bits per heavy atom. The van der Waals surface area contributed by atoms with Crippen LogP contribution in [-0.2, 0) is 38.2 Å². The van der Waals surface area contributed by atoms with Gasteiger partial charge in [0.25, 0.3) is 0 Å². The van der Waals surface area contributed by atoms with Crippen molar-refractivity contribution < 1.29 is 82.3 Å². The second-order valence-corrected chi connectivity index (χ2v) is 35.0. The first kappa shape index (κ1) is 105. The lowest BCUT2D eigenvalue weighted by atomic mass is 10.0. The molecule has 135 heavy (non-hydrogen) atoms. The van der Waals surface area contributed by atoms with E-state index < -0.39 is 35.8 Å². The minimum Gasteiger partial charge on any atom is -0.477 e. The molecule has 11 fully saturated rings. The minimum absolute atomic E-state index is 0.00850. The van der Waals surface area contributed by atoms with Crippen molar-refractivity contribution >= 4 is 153 Å². The third-order valence-electron chi connectivity index (χ3n) is 23.3. The molecule has 10 aliphatic heterocycles. The first-order chi connectivity index (χ1) is 64.7. The molecule has 16 heterocycles. The monoisotopic (exact) mass is 1940 g/mol. The van der Waals surface area contributed by atoms with Gasteiger partial charge in [-0.25, -0.2) is 68.6 Å². The lowest BCUT2D eigenvalue weighted by Gasteiger charge is -2.39. The van der Waals surface area contributed by atoms with Crippen LogP contribution in [0.5, 0.6) is 0 Å². The van der Waals surface area contributed by atoms with Gasteiger partial charge in [0, 0.05) is 208 Å². The molecule has 0 aromatic carbocycles. The highest BCUT2D eigenvalue weighted by atomic mass is 35.5. The van der Waals surface area contributed by atoms with Crippen LogP contribution in [0, 0.1) is 0 Å². The molecular weight excluding hydrogens is 1820 g/mol. The Balaban J connectivity index is 0.000000164. The van der Waals surface area contributed by atoms with Gasteiger partial charge in [-0.1, -0.05) is 50.1 Å². The van der Waals surface area contributed by atoms with E-state index in [1.54, 1.807) is 44.4 Å². The van der Waals surface area contributed by atoms with Gasteiger partial charge in [0.1, 0.15) is 34.2 Å². The van der Waals surface area contributed by atoms with Crippen LogP contribution in [0.1, 0.15) is 213 Å². The molecule has 11 aliphatic rings. The van der Waals surface area contributed by atoms with Crippen LogP contribution in [0.25, 0.3) is 0 Å². The van der Waals surface area contributed by atoms with Gasteiger partial charge in [0.15, 0.2) is 34.2 Å². The summed E-state index contributed by atoms with van der Waals surface area (Å²) in [6.07, 6.45) is 22.5. The molecule has 6 aromatic heterocycles. The third-order valence-corrected chi connectivity index (χ3v) is 23.9. The minimum atomic E-state index is -1.06. The van der Waals surface area contributed by atoms with Crippen molar-refractivity contribution in [2.75, 3.05) is 198 Å². The number of nitrogens with two attached hydrogens (primary N) is 1. The van der Waals surface area contributed by atoms with Gasteiger partial charge in [-0.15, -0.1) is 0 Å². The maximum absolute atomic E-state index is 11.9. The molecule has 11 N–H and O–H groups in total. The number of methoxy groups -OCH3 is 3. The molecule has 45 nitrogen and oxygen atoms in total. The number of carboxylic acid groups (broad SMARTS) is 3. The first-order valence-corrected chi connectivity index (χ1v) is 46.6. The number of likely N-dealkylation sites (tertiary alicyclic amines) is 5. The number of ether oxygens (including phenoxy) is 3. The quantitative estimate of drug-likeness (QED) is 0.0164. The highest BCUT2D eigenvalue weighted by Crippen LogP contribution is 2.28. The maximum Gasteiger partial charge on any atom is 0.356 e. The predicted molar refractivity (Wildman–Crippen MR) is 503 cm³/mol. The molecule has 0 bridgehead atoms. The number of hydrogen-bond acceptors (Lipinski definition) is 37. The van der Waals surface area contributed by atoms with Gasteiger partial charge in [-0.05, 0) is 100 Å². The Labute approximate surface area is 797 Å². The average molecular weight is 1940 g/mol. The number of aromatic carboxylic acids is 3. The van der Waals surface area contributed by atoms with Crippen molar-refractivity contribution in [1.29, 1.82) is 0 Å². The van der Waals surface area contributed by atoms with E-state index in [0.717, 1.165) is 130 Å². The fourth-order valence-corrected chi connectivity index (χ4v) is 16.0. The number of carboxylic acids is 3. The number of carbonyl (C=O) groups is 11. The topological polar surface area (TPSA) is 558 Å². The highest BCUT2D eigenvalue weighted by Gasteiger charge is 2.35. The van der Waals surface area contributed by atoms with Gasteiger partial charge < -0.3 is 111 Å². The summed E-state index contributed by atoms with van der Waals surface area (Å²) in [5.74, 6) is 0.213. The number of carbonyl (C=O) groups excluding carboxylic acids is 8. The summed E-state index contributed by atoms with van der Waals surface area (Å²) in [7, 11) is 3.85. The fraction of sp³-hybridized carbons (Fsp3) is 0.598. The molecule has 5 amide bonds. The number of halogens is 3. The lowest BCUT2D eigenvalue weighted by molar-refractivity contribution is -0.133. The lowest BCUT2D eigenvalue weighted by Crippen LogP contribution is -2.57. The van der Waals surface area contributed by atoms with Crippen LogP contribution >= 0.6 is 34.8 Å². The third kappa shape index (κ3) is 33.0. The normalized spacial score (nSPS) is 17.6. The molecule has 1 saturated carbocycles. The summed E-state index contributed by atoms with van der Waals surface area (Å²) in [5, 5.41) is 46.9. The number of nitrogens with zero attached hydrogens (tertiary/aromatic N) is 21. The number of hydrogen-bond donors (Lipinski definition) is 10. The smallest absolute Gasteiger partial charge is 0.356 e. The van der Waals surface area contributed by atoms with E-state index >= 15 is 0 Å². The average Bonchev–Trinajstić information content (AvgIpc) is 0.820. The summed E-state index contributed by atoms with van der Waals surface area (Å²) < 4.78 is 13.8. The zero-order valence-corrected chi connectivity index (χ0v) is 79.7. The van der Waals surface area contributed by atoms with E-state index in [9.17, 15) is 68.1 Å². The standard InChI is InChI=1S/C16H23N5O3.2C15H21N5O3.C13H19N5O2.C11H13ClN4O3.C6H4Cl2N2O2.C6H12.C5H10N2O/c1-11(22)21-9-12(10-21)17-14-8-13(15(23)24-2)18-16(19-14)20-6-4-3-5-7-20;2*1-10(21)20-8-11(9-20)16-13-7-12(14(22)23)17-15(18-13)19-5-3-2-4-6-19;19-12(20)10-6-11(15-9-7-14-8-9)17-13(16-10)18-4-2-1-3-5-18;1-6(17)16-4-7(5-16)13-9-3-8(10(18)19-2)14-11(12)15-9;1-12-5(11)3-2-4(7)10-6(8)9-3;1-2-4-6-5-3-1;1-4(8)7-2-5(6)3-7/h8,12H,3-7,9-10H2,1-2H3,(H,17,18,19);2*7,11H,2-6,8-9H2,1H3,(H,22,23)(H,16,17,18);6,9,14H,1-5,7-8H2,(H,19,20)(H,15,16,17);3,7H,4-5H2,1-2H3,(H,13,14,15);2H,1H3;1-6H2;5H,2-3,6H2,1H3. The molecule has 48 heteroatoms. The number of anilines is 9. The van der Waals surface area contributed by atoms with E-state index in [2.05, 4.69) is 111 Å². The van der Waals surface area contributed by atoms with Gasteiger partial charge in [0.05, 0.1) is 51.5 Å². The van der Waals surface area contributed by atoms with Crippen molar-refractivity contribution in [2.45, 2.75) is 186 Å². The van der Waals surface area contributed by atoms with Crippen molar-refractivity contribution in [2.24, 2.45) is 5.73 Å². The molecule has 0 atom stereocenters. The second-order valence-electron chi connectivity index (χ2n) is 34.0. The molecule has 0 spiro atoms. The zero-order chi connectivity index (χ0) is 97.4. The number of amides is 5. The van der Waals surface area contributed by atoms with Crippen molar-refractivity contribution in [3.05, 3.63) is 86.3 Å². The Hall–Kier alpha value is -12.4. The number of rotatable bonds is 20. The van der Waals surface area contributed by atoms with E-state index in [-0.39, 0.29) is 110 Å². The largest absolute Gasteiger partial charge is 0.477 e. The molecule has 734 valence electrons. The van der Waals surface area contributed by atoms with E-state index in [0.29, 0.717) is 111 Å². The summed E-state index contributed by atoms with van der Waals surface area (Å²) in [6, 6.07) is 9.76. The Morgan fingerprint density at radius 1 is 0.311 bits per heavy atom. The van der Waals surface area contributed by atoms with Crippen molar-refractivity contribution in [3.63, 3.8) is 0 Å². The Bertz CT molecular complexity index is 4900. The van der Waals surface area contributed by atoms with Crippen LogP contribution in [0.15, 0.2) is 36.4 Å². The van der Waals surface area contributed by atoms with E-state index in [1.807, 2.05) is 9.80 Å². The molecule has 0 radical (unpaired) electrons. The summed E-state index contributed by atoms with van der Waals surface area (Å²) in [6.45, 7) is 22.9. The van der Waals surface area contributed by atoms with Gasteiger partial charge >= 0.3 is 35.8 Å². The van der Waals surface area contributed by atoms with Crippen LogP contribution in [-0.4, -0.2) is 353 Å². The molecule has 10 saturated heterocycles. The van der Waals surface area contributed by atoms with Crippen LogP contribution in [0.4, 0.5) is 52.9 Å². The van der Waals surface area contributed by atoms with Crippen LogP contribution in [0.3, 0.4) is 0 Å². The van der Waals surface area contributed by atoms with E-state index in [1.165, 1.54) is 137 Å².